The number of Topliss-reactive ketones (excluding diaryl/α,β-unsaturated/α-hetero) is 1. The predicted molar refractivity (Wildman–Crippen MR) is 137 cm³/mol. The lowest BCUT2D eigenvalue weighted by atomic mass is 9.87. The standard InChI is InChI=1S/C30H38N2O/c33-30(14-11-24-15-18-31(19-16-24)22-25-7-3-1-4-8-25)28-12-13-29-27(21-28)17-20-32(29)23-26-9-5-2-6-10-26/h2,5-6,9-10,12-13,17,20-21,24-25H,1,3-4,7-8,11,14-16,18-19,22-23H2. The molecule has 2 aromatic carbocycles. The molecule has 1 saturated heterocycles. The summed E-state index contributed by atoms with van der Waals surface area (Å²) in [5.41, 5.74) is 3.36. The van der Waals surface area contributed by atoms with E-state index < -0.39 is 0 Å². The third kappa shape index (κ3) is 5.76. The first-order valence-electron chi connectivity index (χ1n) is 13.1. The minimum Gasteiger partial charge on any atom is -0.343 e. The summed E-state index contributed by atoms with van der Waals surface area (Å²) in [6.45, 7) is 4.64. The summed E-state index contributed by atoms with van der Waals surface area (Å²) >= 11 is 0. The molecule has 1 aliphatic carbocycles. The third-order valence-electron chi connectivity index (χ3n) is 8.02. The van der Waals surface area contributed by atoms with Gasteiger partial charge in [-0.3, -0.25) is 4.79 Å². The first kappa shape index (κ1) is 22.4. The van der Waals surface area contributed by atoms with Crippen LogP contribution >= 0.6 is 0 Å². The highest BCUT2D eigenvalue weighted by atomic mass is 16.1. The average Bonchev–Trinajstić information content (AvgIpc) is 3.26. The molecule has 0 amide bonds. The summed E-state index contributed by atoms with van der Waals surface area (Å²) in [6.07, 6.45) is 13.6. The molecule has 0 spiro atoms. The Kier molecular flexibility index (Phi) is 7.26. The Morgan fingerprint density at radius 3 is 2.42 bits per heavy atom. The molecule has 3 aromatic rings. The molecule has 0 atom stereocenters. The van der Waals surface area contributed by atoms with E-state index >= 15 is 0 Å². The van der Waals surface area contributed by atoms with Crippen molar-refractivity contribution < 1.29 is 4.79 Å². The Hall–Kier alpha value is -2.39. The molecule has 174 valence electrons. The van der Waals surface area contributed by atoms with Crippen LogP contribution in [0.2, 0.25) is 0 Å². The molecule has 3 nitrogen and oxygen atoms in total. The summed E-state index contributed by atoms with van der Waals surface area (Å²) in [7, 11) is 0. The molecule has 1 saturated carbocycles. The van der Waals surface area contributed by atoms with Crippen LogP contribution in [-0.4, -0.2) is 34.9 Å². The van der Waals surface area contributed by atoms with Crippen molar-refractivity contribution in [3.05, 3.63) is 71.9 Å². The lowest BCUT2D eigenvalue weighted by Gasteiger charge is -2.35. The second-order valence-electron chi connectivity index (χ2n) is 10.4. The van der Waals surface area contributed by atoms with Crippen LogP contribution in [0.5, 0.6) is 0 Å². The molecule has 2 fully saturated rings. The van der Waals surface area contributed by atoms with Crippen LogP contribution in [0.1, 0.15) is 73.7 Å². The van der Waals surface area contributed by atoms with Gasteiger partial charge in [-0.05, 0) is 86.9 Å². The number of likely N-dealkylation sites (tertiary alicyclic amines) is 1. The van der Waals surface area contributed by atoms with Crippen LogP contribution in [0, 0.1) is 11.8 Å². The van der Waals surface area contributed by atoms with Crippen molar-refractivity contribution in [2.75, 3.05) is 19.6 Å². The van der Waals surface area contributed by atoms with Crippen LogP contribution < -0.4 is 0 Å². The molecule has 0 unspecified atom stereocenters. The van der Waals surface area contributed by atoms with Gasteiger partial charge in [0.2, 0.25) is 0 Å². The zero-order chi connectivity index (χ0) is 22.5. The van der Waals surface area contributed by atoms with Crippen molar-refractivity contribution in [1.29, 1.82) is 0 Å². The number of benzene rings is 2. The van der Waals surface area contributed by atoms with Crippen molar-refractivity contribution in [1.82, 2.24) is 9.47 Å². The topological polar surface area (TPSA) is 25.2 Å². The van der Waals surface area contributed by atoms with Gasteiger partial charge in [-0.2, -0.15) is 0 Å². The summed E-state index contributed by atoms with van der Waals surface area (Å²) in [5.74, 6) is 1.96. The minimum absolute atomic E-state index is 0.303. The van der Waals surface area contributed by atoms with E-state index in [1.165, 1.54) is 75.7 Å². The van der Waals surface area contributed by atoms with Crippen LogP contribution in [-0.2, 0) is 6.54 Å². The third-order valence-corrected chi connectivity index (χ3v) is 8.02. The van der Waals surface area contributed by atoms with Crippen LogP contribution in [0.15, 0.2) is 60.8 Å². The van der Waals surface area contributed by atoms with E-state index in [0.717, 1.165) is 29.8 Å². The van der Waals surface area contributed by atoms with Gasteiger partial charge >= 0.3 is 0 Å². The average molecular weight is 443 g/mol. The predicted octanol–water partition coefficient (Wildman–Crippen LogP) is 6.94. The maximum absolute atomic E-state index is 12.9. The maximum atomic E-state index is 12.9. The Morgan fingerprint density at radius 1 is 0.848 bits per heavy atom. The van der Waals surface area contributed by atoms with E-state index in [1.807, 2.05) is 6.07 Å². The van der Waals surface area contributed by atoms with Crippen LogP contribution in [0.3, 0.4) is 0 Å². The number of hydrogen-bond acceptors (Lipinski definition) is 2. The highest BCUT2D eigenvalue weighted by Crippen LogP contribution is 2.28. The van der Waals surface area contributed by atoms with E-state index in [2.05, 4.69) is 64.2 Å². The summed E-state index contributed by atoms with van der Waals surface area (Å²) < 4.78 is 2.26. The normalized spacial score (nSPS) is 18.7. The molecule has 0 radical (unpaired) electrons. The fourth-order valence-electron chi connectivity index (χ4n) is 5.96. The fraction of sp³-hybridized carbons (Fsp3) is 0.500. The van der Waals surface area contributed by atoms with Gasteiger partial charge in [0.1, 0.15) is 0 Å². The molecule has 1 aliphatic heterocycles. The second kappa shape index (κ2) is 10.7. The number of carbonyl (C=O) groups is 1. The molecule has 33 heavy (non-hydrogen) atoms. The van der Waals surface area contributed by atoms with Gasteiger partial charge in [0.25, 0.3) is 0 Å². The van der Waals surface area contributed by atoms with E-state index in [4.69, 9.17) is 0 Å². The Labute approximate surface area is 198 Å². The lowest BCUT2D eigenvalue weighted by molar-refractivity contribution is 0.0957. The summed E-state index contributed by atoms with van der Waals surface area (Å²) in [5, 5.41) is 1.16. The molecule has 5 rings (SSSR count). The Morgan fingerprint density at radius 2 is 1.64 bits per heavy atom. The molecule has 2 aliphatic rings. The van der Waals surface area contributed by atoms with Crippen molar-refractivity contribution in [2.45, 2.75) is 64.3 Å². The number of piperidine rings is 1. The van der Waals surface area contributed by atoms with Gasteiger partial charge < -0.3 is 9.47 Å². The number of carbonyl (C=O) groups excluding carboxylic acids is 1. The van der Waals surface area contributed by atoms with E-state index in [0.29, 0.717) is 18.1 Å². The Balaban J connectivity index is 1.11. The monoisotopic (exact) mass is 442 g/mol. The number of rotatable bonds is 8. The quantitative estimate of drug-likeness (QED) is 0.353. The van der Waals surface area contributed by atoms with Crippen molar-refractivity contribution in [3.8, 4) is 0 Å². The van der Waals surface area contributed by atoms with Gasteiger partial charge in [-0.15, -0.1) is 0 Å². The van der Waals surface area contributed by atoms with Gasteiger partial charge in [-0.25, -0.2) is 0 Å². The van der Waals surface area contributed by atoms with Gasteiger partial charge in [0, 0.05) is 42.2 Å². The van der Waals surface area contributed by atoms with Gasteiger partial charge in [0.05, 0.1) is 0 Å². The molecular weight excluding hydrogens is 404 g/mol. The maximum Gasteiger partial charge on any atom is 0.162 e. The first-order valence-corrected chi connectivity index (χ1v) is 13.1. The fourth-order valence-corrected chi connectivity index (χ4v) is 5.96. The van der Waals surface area contributed by atoms with Gasteiger partial charge in [0.15, 0.2) is 5.78 Å². The molecule has 0 N–H and O–H groups in total. The smallest absolute Gasteiger partial charge is 0.162 e. The number of nitrogens with zero attached hydrogens (tertiary/aromatic N) is 2. The molecule has 3 heteroatoms. The number of fused-ring (bicyclic) bond motifs is 1. The zero-order valence-electron chi connectivity index (χ0n) is 19.9. The zero-order valence-corrected chi connectivity index (χ0v) is 19.9. The largest absolute Gasteiger partial charge is 0.343 e. The highest BCUT2D eigenvalue weighted by molar-refractivity contribution is 5.99. The molecule has 2 heterocycles. The number of ketones is 1. The van der Waals surface area contributed by atoms with E-state index in [-0.39, 0.29) is 0 Å². The van der Waals surface area contributed by atoms with Crippen LogP contribution in [0.25, 0.3) is 10.9 Å². The molecule has 0 bridgehead atoms. The lowest BCUT2D eigenvalue weighted by Crippen LogP contribution is -2.37. The SMILES string of the molecule is O=C(CCC1CCN(CC2CCCCC2)CC1)c1ccc2c(ccn2Cc2ccccc2)c1. The van der Waals surface area contributed by atoms with Gasteiger partial charge in [-0.1, -0.05) is 49.6 Å². The van der Waals surface area contributed by atoms with E-state index in [9.17, 15) is 4.79 Å². The molecular formula is C30H38N2O. The van der Waals surface area contributed by atoms with Crippen LogP contribution in [0.4, 0.5) is 0 Å². The van der Waals surface area contributed by atoms with E-state index in [1.54, 1.807) is 0 Å². The minimum atomic E-state index is 0.303. The Bertz CT molecular complexity index is 1040. The summed E-state index contributed by atoms with van der Waals surface area (Å²) in [4.78, 5) is 15.6. The molecule has 1 aromatic heterocycles. The van der Waals surface area contributed by atoms with Crippen molar-refractivity contribution in [2.24, 2.45) is 11.8 Å². The summed E-state index contributed by atoms with van der Waals surface area (Å²) in [6, 6.07) is 18.9. The highest BCUT2D eigenvalue weighted by Gasteiger charge is 2.23. The number of aromatic nitrogens is 1. The van der Waals surface area contributed by atoms with Crippen molar-refractivity contribution >= 4 is 16.7 Å². The van der Waals surface area contributed by atoms with Crippen molar-refractivity contribution in [3.63, 3.8) is 0 Å². The first-order chi connectivity index (χ1) is 16.2. The number of hydrogen-bond donors (Lipinski definition) is 0. The second-order valence-corrected chi connectivity index (χ2v) is 10.4.